The molecule has 0 saturated carbocycles. The molecule has 0 heterocycles. The lowest BCUT2D eigenvalue weighted by atomic mass is 10.0. The van der Waals surface area contributed by atoms with Gasteiger partial charge in [0.2, 0.25) is 0 Å². The molecule has 0 unspecified atom stereocenters. The minimum atomic E-state index is -2.11. The number of carboxylic acids is 1. The standard InChI is InChI=1S/C10H6F4O3/c11-6-4(2-1-3-15)7(12)9(14)5(8(6)13)10(16)17/h3H,1-2H2,(H,16,17). The van der Waals surface area contributed by atoms with E-state index in [0.29, 0.717) is 6.29 Å². The Hall–Kier alpha value is -1.92. The third-order valence-electron chi connectivity index (χ3n) is 2.08. The third kappa shape index (κ3) is 2.27. The number of aromatic carboxylic acids is 1. The van der Waals surface area contributed by atoms with Crippen LogP contribution in [0.5, 0.6) is 0 Å². The monoisotopic (exact) mass is 250 g/mol. The number of halogens is 4. The molecule has 1 aromatic carbocycles. The van der Waals surface area contributed by atoms with E-state index in [9.17, 15) is 27.2 Å². The zero-order chi connectivity index (χ0) is 13.2. The maximum atomic E-state index is 13.2. The van der Waals surface area contributed by atoms with Crippen LogP contribution in [-0.4, -0.2) is 17.4 Å². The van der Waals surface area contributed by atoms with Crippen molar-refractivity contribution in [3.05, 3.63) is 34.4 Å². The summed E-state index contributed by atoms with van der Waals surface area (Å²) in [6.45, 7) is 0. The van der Waals surface area contributed by atoms with Crippen molar-refractivity contribution in [2.45, 2.75) is 12.8 Å². The molecule has 0 bridgehead atoms. The molecule has 0 atom stereocenters. The molecule has 0 aliphatic heterocycles. The number of rotatable bonds is 4. The summed E-state index contributed by atoms with van der Waals surface area (Å²) in [5, 5.41) is 8.39. The molecule has 0 aliphatic carbocycles. The second-order valence-corrected chi connectivity index (χ2v) is 3.12. The molecule has 1 N–H and O–H groups in total. The van der Waals surface area contributed by atoms with Crippen LogP contribution in [0.1, 0.15) is 22.3 Å². The van der Waals surface area contributed by atoms with Crippen molar-refractivity contribution in [1.82, 2.24) is 0 Å². The van der Waals surface area contributed by atoms with Crippen molar-refractivity contribution < 1.29 is 32.3 Å². The van der Waals surface area contributed by atoms with Gasteiger partial charge in [-0.2, -0.15) is 0 Å². The van der Waals surface area contributed by atoms with E-state index in [1.807, 2.05) is 0 Å². The van der Waals surface area contributed by atoms with Crippen LogP contribution in [0.4, 0.5) is 17.6 Å². The molecule has 17 heavy (non-hydrogen) atoms. The van der Waals surface area contributed by atoms with Crippen molar-refractivity contribution in [3.63, 3.8) is 0 Å². The fourth-order valence-corrected chi connectivity index (χ4v) is 1.29. The lowest BCUT2D eigenvalue weighted by Gasteiger charge is -2.08. The van der Waals surface area contributed by atoms with Crippen LogP contribution in [0.3, 0.4) is 0 Å². The Bertz CT molecular complexity index is 456. The fraction of sp³-hybridized carbons (Fsp3) is 0.200. The van der Waals surface area contributed by atoms with Gasteiger partial charge in [0.15, 0.2) is 23.3 Å². The number of aldehydes is 1. The maximum absolute atomic E-state index is 13.2. The van der Waals surface area contributed by atoms with Gasteiger partial charge in [-0.05, 0) is 6.42 Å². The SMILES string of the molecule is O=CCCc1c(F)c(F)c(C(=O)O)c(F)c1F. The molecule has 0 fully saturated rings. The summed E-state index contributed by atoms with van der Waals surface area (Å²) < 4.78 is 52.7. The molecule has 0 aromatic heterocycles. The molecule has 0 amide bonds. The van der Waals surface area contributed by atoms with E-state index >= 15 is 0 Å². The Balaban J connectivity index is 3.46. The van der Waals surface area contributed by atoms with Gasteiger partial charge in [-0.15, -0.1) is 0 Å². The Labute approximate surface area is 92.7 Å². The number of benzene rings is 1. The summed E-state index contributed by atoms with van der Waals surface area (Å²) in [5.41, 5.74) is -2.66. The van der Waals surface area contributed by atoms with E-state index in [4.69, 9.17) is 5.11 Å². The first-order valence-electron chi connectivity index (χ1n) is 4.43. The molecule has 7 heteroatoms. The Morgan fingerprint density at radius 2 is 1.53 bits per heavy atom. The van der Waals surface area contributed by atoms with Gasteiger partial charge < -0.3 is 9.90 Å². The van der Waals surface area contributed by atoms with Crippen LogP contribution in [-0.2, 0) is 11.2 Å². The Morgan fingerprint density at radius 3 is 1.88 bits per heavy atom. The quantitative estimate of drug-likeness (QED) is 0.505. The molecule has 0 spiro atoms. The average Bonchev–Trinajstić information content (AvgIpc) is 2.26. The normalized spacial score (nSPS) is 10.4. The van der Waals surface area contributed by atoms with E-state index in [1.165, 1.54) is 0 Å². The zero-order valence-electron chi connectivity index (χ0n) is 8.27. The van der Waals surface area contributed by atoms with Crippen LogP contribution in [0, 0.1) is 23.3 Å². The topological polar surface area (TPSA) is 54.4 Å². The largest absolute Gasteiger partial charge is 0.477 e. The highest BCUT2D eigenvalue weighted by atomic mass is 19.2. The van der Waals surface area contributed by atoms with Crippen LogP contribution in [0.25, 0.3) is 0 Å². The van der Waals surface area contributed by atoms with E-state index in [2.05, 4.69) is 0 Å². The Kier molecular flexibility index (Phi) is 3.82. The summed E-state index contributed by atoms with van der Waals surface area (Å²) in [7, 11) is 0. The first-order chi connectivity index (χ1) is 7.91. The van der Waals surface area contributed by atoms with Gasteiger partial charge in [0.1, 0.15) is 11.8 Å². The second kappa shape index (κ2) is 4.94. The van der Waals surface area contributed by atoms with E-state index < -0.39 is 46.8 Å². The lowest BCUT2D eigenvalue weighted by Crippen LogP contribution is -2.13. The van der Waals surface area contributed by atoms with Crippen molar-refractivity contribution in [1.29, 1.82) is 0 Å². The second-order valence-electron chi connectivity index (χ2n) is 3.12. The minimum Gasteiger partial charge on any atom is -0.477 e. The summed E-state index contributed by atoms with van der Waals surface area (Å²) in [4.78, 5) is 20.4. The number of hydrogen-bond acceptors (Lipinski definition) is 2. The number of carbonyl (C=O) groups excluding carboxylic acids is 1. The summed E-state index contributed by atoms with van der Waals surface area (Å²) in [5.74, 6) is -9.64. The molecular weight excluding hydrogens is 244 g/mol. The number of carboxylic acid groups (broad SMARTS) is 1. The van der Waals surface area contributed by atoms with Gasteiger partial charge >= 0.3 is 5.97 Å². The van der Waals surface area contributed by atoms with Crippen molar-refractivity contribution in [2.24, 2.45) is 0 Å². The van der Waals surface area contributed by atoms with E-state index in [1.54, 1.807) is 0 Å². The van der Waals surface area contributed by atoms with Crippen LogP contribution in [0.15, 0.2) is 0 Å². The highest BCUT2D eigenvalue weighted by Gasteiger charge is 2.28. The fourth-order valence-electron chi connectivity index (χ4n) is 1.29. The summed E-state index contributed by atoms with van der Waals surface area (Å²) >= 11 is 0. The van der Waals surface area contributed by atoms with Crippen LogP contribution >= 0.6 is 0 Å². The smallest absolute Gasteiger partial charge is 0.341 e. The van der Waals surface area contributed by atoms with Crippen LogP contribution in [0.2, 0.25) is 0 Å². The highest BCUT2D eigenvalue weighted by Crippen LogP contribution is 2.25. The van der Waals surface area contributed by atoms with Gasteiger partial charge in [-0.1, -0.05) is 0 Å². The Morgan fingerprint density at radius 1 is 1.06 bits per heavy atom. The first-order valence-corrected chi connectivity index (χ1v) is 4.43. The summed E-state index contributed by atoms with van der Waals surface area (Å²) in [6.07, 6.45) is -0.562. The lowest BCUT2D eigenvalue weighted by molar-refractivity contribution is -0.107. The van der Waals surface area contributed by atoms with Crippen LogP contribution < -0.4 is 0 Å². The van der Waals surface area contributed by atoms with Gasteiger partial charge in [0.25, 0.3) is 0 Å². The van der Waals surface area contributed by atoms with Crippen molar-refractivity contribution >= 4 is 12.3 Å². The maximum Gasteiger partial charge on any atom is 0.341 e. The van der Waals surface area contributed by atoms with Gasteiger partial charge in [0.05, 0.1) is 0 Å². The molecule has 0 aliphatic rings. The van der Waals surface area contributed by atoms with E-state index in [0.717, 1.165) is 0 Å². The summed E-state index contributed by atoms with van der Waals surface area (Å²) in [6, 6.07) is 0. The molecule has 92 valence electrons. The molecule has 0 radical (unpaired) electrons. The van der Waals surface area contributed by atoms with Gasteiger partial charge in [-0.25, -0.2) is 22.4 Å². The van der Waals surface area contributed by atoms with E-state index in [-0.39, 0.29) is 6.42 Å². The highest BCUT2D eigenvalue weighted by molar-refractivity contribution is 5.88. The minimum absolute atomic E-state index is 0.319. The zero-order valence-corrected chi connectivity index (χ0v) is 8.27. The van der Waals surface area contributed by atoms with Crippen molar-refractivity contribution in [2.75, 3.05) is 0 Å². The number of carbonyl (C=O) groups is 2. The average molecular weight is 250 g/mol. The molecular formula is C10H6F4O3. The number of hydrogen-bond donors (Lipinski definition) is 1. The first kappa shape index (κ1) is 13.1. The predicted molar refractivity (Wildman–Crippen MR) is 47.6 cm³/mol. The third-order valence-corrected chi connectivity index (χ3v) is 2.08. The van der Waals surface area contributed by atoms with Crippen molar-refractivity contribution in [3.8, 4) is 0 Å². The molecule has 1 rings (SSSR count). The van der Waals surface area contributed by atoms with Gasteiger partial charge in [0, 0.05) is 12.0 Å². The molecule has 0 saturated heterocycles. The van der Waals surface area contributed by atoms with Gasteiger partial charge in [-0.3, -0.25) is 0 Å². The predicted octanol–water partition coefficient (Wildman–Crippen LogP) is 2.07. The molecule has 1 aromatic rings. The molecule has 3 nitrogen and oxygen atoms in total.